The quantitative estimate of drug-likeness (QED) is 0.700. The summed E-state index contributed by atoms with van der Waals surface area (Å²) in [4.78, 5) is 11.5. The molecule has 0 saturated heterocycles. The Balaban J connectivity index is 2.57. The van der Waals surface area contributed by atoms with E-state index in [1.165, 1.54) is 7.11 Å². The Bertz CT molecular complexity index is 376. The molecule has 0 N–H and O–H groups in total. The summed E-state index contributed by atoms with van der Waals surface area (Å²) in [5.41, 5.74) is 0. The number of hydrogen-bond acceptors (Lipinski definition) is 4. The predicted octanol–water partition coefficient (Wildman–Crippen LogP) is 2.66. The van der Waals surface area contributed by atoms with Gasteiger partial charge in [0.25, 0.3) is 0 Å². The summed E-state index contributed by atoms with van der Waals surface area (Å²) in [5.74, 6) is 0.989. The van der Waals surface area contributed by atoms with Crippen LogP contribution in [0.3, 0.4) is 0 Å². The highest BCUT2D eigenvalue weighted by Gasteiger charge is 2.18. The summed E-state index contributed by atoms with van der Waals surface area (Å²) < 4.78 is 15.5. The average molecular weight is 252 g/mol. The molecule has 18 heavy (non-hydrogen) atoms. The molecular weight excluding hydrogens is 232 g/mol. The molecule has 0 aliphatic carbocycles. The van der Waals surface area contributed by atoms with Gasteiger partial charge >= 0.3 is 5.97 Å². The van der Waals surface area contributed by atoms with E-state index in [0.29, 0.717) is 12.4 Å². The summed E-state index contributed by atoms with van der Waals surface area (Å²) in [7, 11) is 3.00. The van der Waals surface area contributed by atoms with Crippen molar-refractivity contribution in [1.29, 1.82) is 0 Å². The average Bonchev–Trinajstić information content (AvgIpc) is 2.42. The van der Waals surface area contributed by atoms with Gasteiger partial charge in [0, 0.05) is 6.07 Å². The van der Waals surface area contributed by atoms with Crippen molar-refractivity contribution < 1.29 is 19.0 Å². The first-order valence-electron chi connectivity index (χ1n) is 6.06. The van der Waals surface area contributed by atoms with E-state index in [1.807, 2.05) is 25.1 Å². The van der Waals surface area contributed by atoms with Gasteiger partial charge in [-0.05, 0) is 18.6 Å². The van der Waals surface area contributed by atoms with Crippen molar-refractivity contribution in [3.05, 3.63) is 24.3 Å². The largest absolute Gasteiger partial charge is 0.497 e. The second-order valence-corrected chi connectivity index (χ2v) is 4.00. The second kappa shape index (κ2) is 7.58. The lowest BCUT2D eigenvalue weighted by Gasteiger charge is -2.15. The molecule has 100 valence electrons. The molecule has 4 heteroatoms. The van der Waals surface area contributed by atoms with Crippen LogP contribution in [0.5, 0.6) is 11.5 Å². The maximum atomic E-state index is 11.5. The minimum atomic E-state index is -0.222. The van der Waals surface area contributed by atoms with Crippen LogP contribution < -0.4 is 9.47 Å². The number of ether oxygens (including phenoxy) is 3. The number of esters is 1. The number of methoxy groups -OCH3 is 2. The minimum absolute atomic E-state index is 0.216. The Morgan fingerprint density at radius 3 is 2.61 bits per heavy atom. The third-order valence-electron chi connectivity index (χ3n) is 2.66. The summed E-state index contributed by atoms with van der Waals surface area (Å²) >= 11 is 0. The van der Waals surface area contributed by atoms with Crippen molar-refractivity contribution in [2.24, 2.45) is 5.92 Å². The summed E-state index contributed by atoms with van der Waals surface area (Å²) in [6.45, 7) is 2.36. The molecule has 1 aromatic rings. The van der Waals surface area contributed by atoms with Gasteiger partial charge in [-0.25, -0.2) is 0 Å². The summed E-state index contributed by atoms with van der Waals surface area (Å²) in [5, 5.41) is 0. The Kier molecular flexibility index (Phi) is 6.05. The highest BCUT2D eigenvalue weighted by molar-refractivity contribution is 5.72. The molecule has 1 atom stereocenters. The van der Waals surface area contributed by atoms with Crippen LogP contribution in [0.2, 0.25) is 0 Å². The molecule has 0 radical (unpaired) electrons. The second-order valence-electron chi connectivity index (χ2n) is 4.00. The van der Waals surface area contributed by atoms with E-state index >= 15 is 0 Å². The van der Waals surface area contributed by atoms with Crippen LogP contribution in [0.15, 0.2) is 24.3 Å². The van der Waals surface area contributed by atoms with Crippen LogP contribution in [-0.4, -0.2) is 26.8 Å². The van der Waals surface area contributed by atoms with Gasteiger partial charge in [-0.15, -0.1) is 0 Å². The number of benzene rings is 1. The summed E-state index contributed by atoms with van der Waals surface area (Å²) in [6.07, 6.45) is 1.68. The van der Waals surface area contributed by atoms with E-state index in [1.54, 1.807) is 13.2 Å². The standard InChI is InChI=1S/C14H20O4/c1-4-6-11(14(15)17-3)10-18-13-8-5-7-12(9-13)16-2/h5,7-9,11H,4,6,10H2,1-3H3. The zero-order valence-corrected chi connectivity index (χ0v) is 11.1. The maximum Gasteiger partial charge on any atom is 0.312 e. The lowest BCUT2D eigenvalue weighted by molar-refractivity contribution is -0.146. The third kappa shape index (κ3) is 4.28. The fourth-order valence-electron chi connectivity index (χ4n) is 1.67. The molecule has 0 saturated carbocycles. The highest BCUT2D eigenvalue weighted by atomic mass is 16.5. The van der Waals surface area contributed by atoms with Crippen LogP contribution in [0.1, 0.15) is 19.8 Å². The van der Waals surface area contributed by atoms with E-state index in [9.17, 15) is 4.79 Å². The van der Waals surface area contributed by atoms with Crippen molar-refractivity contribution >= 4 is 5.97 Å². The SMILES string of the molecule is CCCC(COc1cccc(OC)c1)C(=O)OC. The zero-order valence-electron chi connectivity index (χ0n) is 11.1. The van der Waals surface area contributed by atoms with Crippen molar-refractivity contribution in [1.82, 2.24) is 0 Å². The number of carbonyl (C=O) groups excluding carboxylic acids is 1. The molecule has 0 spiro atoms. The van der Waals surface area contributed by atoms with Crippen LogP contribution in [-0.2, 0) is 9.53 Å². The molecule has 0 fully saturated rings. The lowest BCUT2D eigenvalue weighted by Crippen LogP contribution is -2.23. The third-order valence-corrected chi connectivity index (χ3v) is 2.66. The first-order valence-corrected chi connectivity index (χ1v) is 6.06. The van der Waals surface area contributed by atoms with E-state index < -0.39 is 0 Å². The Hall–Kier alpha value is -1.71. The van der Waals surface area contributed by atoms with Gasteiger partial charge in [0.2, 0.25) is 0 Å². The van der Waals surface area contributed by atoms with Crippen molar-refractivity contribution in [2.45, 2.75) is 19.8 Å². The maximum absolute atomic E-state index is 11.5. The van der Waals surface area contributed by atoms with Gasteiger partial charge in [-0.1, -0.05) is 19.4 Å². The molecule has 1 aromatic carbocycles. The first kappa shape index (κ1) is 14.4. The predicted molar refractivity (Wildman–Crippen MR) is 68.9 cm³/mol. The topological polar surface area (TPSA) is 44.8 Å². The van der Waals surface area contributed by atoms with Gasteiger partial charge < -0.3 is 14.2 Å². The molecule has 4 nitrogen and oxygen atoms in total. The lowest BCUT2D eigenvalue weighted by atomic mass is 10.1. The fourth-order valence-corrected chi connectivity index (χ4v) is 1.67. The number of hydrogen-bond donors (Lipinski definition) is 0. The van der Waals surface area contributed by atoms with Crippen molar-refractivity contribution in [3.8, 4) is 11.5 Å². The van der Waals surface area contributed by atoms with Gasteiger partial charge in [-0.3, -0.25) is 4.79 Å². The van der Waals surface area contributed by atoms with E-state index in [2.05, 4.69) is 0 Å². The van der Waals surface area contributed by atoms with Crippen LogP contribution in [0.4, 0.5) is 0 Å². The highest BCUT2D eigenvalue weighted by Crippen LogP contribution is 2.20. The van der Waals surface area contributed by atoms with Crippen LogP contribution >= 0.6 is 0 Å². The molecule has 0 amide bonds. The molecule has 0 bridgehead atoms. The molecule has 0 aliphatic heterocycles. The van der Waals surface area contributed by atoms with E-state index in [0.717, 1.165) is 18.6 Å². The molecule has 0 heterocycles. The molecule has 0 aromatic heterocycles. The normalized spacial score (nSPS) is 11.7. The van der Waals surface area contributed by atoms with Gasteiger partial charge in [0.05, 0.1) is 20.1 Å². The Labute approximate surface area is 108 Å². The fraction of sp³-hybridized carbons (Fsp3) is 0.500. The van der Waals surface area contributed by atoms with Crippen LogP contribution in [0, 0.1) is 5.92 Å². The smallest absolute Gasteiger partial charge is 0.312 e. The first-order chi connectivity index (χ1) is 8.71. The van der Waals surface area contributed by atoms with Gasteiger partial charge in [-0.2, -0.15) is 0 Å². The van der Waals surface area contributed by atoms with Gasteiger partial charge in [0.1, 0.15) is 18.1 Å². The van der Waals surface area contributed by atoms with Crippen LogP contribution in [0.25, 0.3) is 0 Å². The Morgan fingerprint density at radius 2 is 2.00 bits per heavy atom. The molecule has 0 aliphatic rings. The number of carbonyl (C=O) groups is 1. The molecule has 1 rings (SSSR count). The van der Waals surface area contributed by atoms with Crippen molar-refractivity contribution in [2.75, 3.05) is 20.8 Å². The Morgan fingerprint density at radius 1 is 1.28 bits per heavy atom. The van der Waals surface area contributed by atoms with E-state index in [-0.39, 0.29) is 11.9 Å². The monoisotopic (exact) mass is 252 g/mol. The molecular formula is C14H20O4. The van der Waals surface area contributed by atoms with Crippen molar-refractivity contribution in [3.63, 3.8) is 0 Å². The molecule has 1 unspecified atom stereocenters. The zero-order chi connectivity index (χ0) is 13.4. The minimum Gasteiger partial charge on any atom is -0.497 e. The van der Waals surface area contributed by atoms with Gasteiger partial charge in [0.15, 0.2) is 0 Å². The number of rotatable bonds is 7. The van der Waals surface area contributed by atoms with E-state index in [4.69, 9.17) is 14.2 Å². The summed E-state index contributed by atoms with van der Waals surface area (Å²) in [6, 6.07) is 7.32.